The van der Waals surface area contributed by atoms with E-state index in [-0.39, 0.29) is 0 Å². The molecule has 0 bridgehead atoms. The van der Waals surface area contributed by atoms with Crippen LogP contribution in [0.3, 0.4) is 0 Å². The first-order chi connectivity index (χ1) is 24.3. The number of benzene rings is 8. The van der Waals surface area contributed by atoms with Gasteiger partial charge in [0, 0.05) is 43.7 Å². The van der Waals surface area contributed by atoms with Crippen molar-refractivity contribution in [1.29, 1.82) is 0 Å². The Morgan fingerprint density at radius 3 is 1.94 bits per heavy atom. The number of para-hydroxylation sites is 1. The van der Waals surface area contributed by atoms with E-state index in [1.807, 2.05) is 23.5 Å². The van der Waals surface area contributed by atoms with Gasteiger partial charge in [-0.15, -0.1) is 11.3 Å². The van der Waals surface area contributed by atoms with Crippen molar-refractivity contribution in [3.63, 3.8) is 0 Å². The van der Waals surface area contributed by atoms with Gasteiger partial charge in [-0.2, -0.15) is 0 Å². The Hall–Kier alpha value is -6.16. The maximum Gasteiger partial charge on any atom is 0.137 e. The number of anilines is 3. The lowest BCUT2D eigenvalue weighted by atomic mass is 9.97. The molecule has 2 heterocycles. The minimum atomic E-state index is 0.884. The van der Waals surface area contributed by atoms with Gasteiger partial charge in [0.2, 0.25) is 0 Å². The number of furan rings is 1. The van der Waals surface area contributed by atoms with Crippen LogP contribution in [0.15, 0.2) is 180 Å². The van der Waals surface area contributed by atoms with Gasteiger partial charge in [0.1, 0.15) is 11.2 Å². The highest BCUT2D eigenvalue weighted by molar-refractivity contribution is 7.26. The van der Waals surface area contributed by atoms with E-state index in [0.29, 0.717) is 0 Å². The highest BCUT2D eigenvalue weighted by Gasteiger charge is 2.19. The van der Waals surface area contributed by atoms with Crippen molar-refractivity contribution in [1.82, 2.24) is 0 Å². The van der Waals surface area contributed by atoms with Crippen LogP contribution in [0.4, 0.5) is 17.1 Å². The Morgan fingerprint density at radius 2 is 1.04 bits per heavy atom. The predicted molar refractivity (Wildman–Crippen MR) is 210 cm³/mol. The molecule has 0 N–H and O–H groups in total. The summed E-state index contributed by atoms with van der Waals surface area (Å²) in [5, 5.41) is 7.34. The maximum atomic E-state index is 6.37. The fourth-order valence-electron chi connectivity index (χ4n) is 7.24. The third-order valence-corrected chi connectivity index (χ3v) is 10.9. The Labute approximate surface area is 287 Å². The third-order valence-electron chi connectivity index (χ3n) is 9.65. The fourth-order valence-corrected chi connectivity index (χ4v) is 8.45. The van der Waals surface area contributed by atoms with E-state index in [4.69, 9.17) is 4.42 Å². The van der Waals surface area contributed by atoms with E-state index in [9.17, 15) is 0 Å². The van der Waals surface area contributed by atoms with Gasteiger partial charge in [0.15, 0.2) is 0 Å². The number of rotatable bonds is 5. The van der Waals surface area contributed by atoms with E-state index in [1.165, 1.54) is 53.2 Å². The second-order valence-corrected chi connectivity index (χ2v) is 13.6. The monoisotopic (exact) mass is 643 g/mol. The molecule has 0 saturated heterocycles. The van der Waals surface area contributed by atoms with Crippen molar-refractivity contribution in [3.8, 4) is 22.3 Å². The largest absolute Gasteiger partial charge is 0.456 e. The van der Waals surface area contributed by atoms with Crippen LogP contribution in [-0.2, 0) is 0 Å². The van der Waals surface area contributed by atoms with Crippen LogP contribution >= 0.6 is 11.3 Å². The van der Waals surface area contributed by atoms with Crippen molar-refractivity contribution >= 4 is 81.3 Å². The molecule has 0 aliphatic rings. The Bertz CT molecular complexity index is 2840. The van der Waals surface area contributed by atoms with E-state index in [1.54, 1.807) is 0 Å². The molecule has 0 radical (unpaired) electrons. The van der Waals surface area contributed by atoms with Gasteiger partial charge >= 0.3 is 0 Å². The van der Waals surface area contributed by atoms with Crippen molar-refractivity contribution < 1.29 is 4.42 Å². The van der Waals surface area contributed by atoms with Crippen LogP contribution < -0.4 is 4.90 Å². The van der Waals surface area contributed by atoms with E-state index in [0.717, 1.165) is 39.0 Å². The summed E-state index contributed by atoms with van der Waals surface area (Å²) in [5.74, 6) is 0. The van der Waals surface area contributed by atoms with Gasteiger partial charge in [-0.3, -0.25) is 0 Å². The zero-order chi connectivity index (χ0) is 32.3. The molecule has 0 atom stereocenters. The summed E-state index contributed by atoms with van der Waals surface area (Å²) < 4.78 is 8.93. The maximum absolute atomic E-state index is 6.37. The Balaban J connectivity index is 1.10. The first kappa shape index (κ1) is 27.9. The van der Waals surface area contributed by atoms with Crippen molar-refractivity contribution in [3.05, 3.63) is 176 Å². The van der Waals surface area contributed by atoms with E-state index in [2.05, 4.69) is 169 Å². The quantitative estimate of drug-likeness (QED) is 0.186. The van der Waals surface area contributed by atoms with E-state index >= 15 is 0 Å². The summed E-state index contributed by atoms with van der Waals surface area (Å²) in [4.78, 5) is 2.37. The summed E-state index contributed by atoms with van der Waals surface area (Å²) in [5.41, 5.74) is 9.90. The molecule has 0 saturated carbocycles. The summed E-state index contributed by atoms with van der Waals surface area (Å²) >= 11 is 1.85. The molecule has 3 heteroatoms. The first-order valence-corrected chi connectivity index (χ1v) is 17.4. The van der Waals surface area contributed by atoms with Crippen LogP contribution in [0.25, 0.3) is 75.1 Å². The molecule has 8 aromatic carbocycles. The van der Waals surface area contributed by atoms with Crippen molar-refractivity contribution in [2.24, 2.45) is 0 Å². The van der Waals surface area contributed by atoms with Gasteiger partial charge in [0.05, 0.1) is 10.4 Å². The molecule has 49 heavy (non-hydrogen) atoms. The second-order valence-electron chi connectivity index (χ2n) is 12.6. The normalized spacial score (nSPS) is 11.7. The van der Waals surface area contributed by atoms with Gasteiger partial charge in [-0.05, 0) is 87.6 Å². The number of nitrogens with zero attached hydrogens (tertiary/aromatic N) is 1. The highest BCUT2D eigenvalue weighted by atomic mass is 32.1. The van der Waals surface area contributed by atoms with Crippen LogP contribution in [0, 0.1) is 0 Å². The van der Waals surface area contributed by atoms with Crippen molar-refractivity contribution in [2.75, 3.05) is 4.90 Å². The molecule has 0 fully saturated rings. The zero-order valence-corrected chi connectivity index (χ0v) is 27.3. The van der Waals surface area contributed by atoms with Crippen LogP contribution in [0.1, 0.15) is 0 Å². The predicted octanol–water partition coefficient (Wildman–Crippen LogP) is 13.9. The number of thiophene rings is 1. The molecule has 0 amide bonds. The summed E-state index contributed by atoms with van der Waals surface area (Å²) in [6.07, 6.45) is 0. The molecular formula is C46H29NOS. The lowest BCUT2D eigenvalue weighted by Crippen LogP contribution is -2.10. The van der Waals surface area contributed by atoms with Gasteiger partial charge in [0.25, 0.3) is 0 Å². The smallest absolute Gasteiger partial charge is 0.137 e. The average molecular weight is 644 g/mol. The SMILES string of the molecule is c1cc(-c2ccc(N(c3ccc4c(c3)oc3ccccc34)c3cccc4c3sc3ccccc34)cc2)cc(-c2ccc3ccccc3c2)c1. The molecule has 0 aliphatic heterocycles. The molecular weight excluding hydrogens is 615 g/mol. The third kappa shape index (κ3) is 4.70. The minimum Gasteiger partial charge on any atom is -0.456 e. The van der Waals surface area contributed by atoms with Gasteiger partial charge in [-0.1, -0.05) is 115 Å². The van der Waals surface area contributed by atoms with Gasteiger partial charge in [-0.25, -0.2) is 0 Å². The molecule has 2 aromatic heterocycles. The Morgan fingerprint density at radius 1 is 0.388 bits per heavy atom. The first-order valence-electron chi connectivity index (χ1n) is 16.6. The second kappa shape index (κ2) is 11.2. The van der Waals surface area contributed by atoms with Crippen LogP contribution in [0.5, 0.6) is 0 Å². The lowest BCUT2D eigenvalue weighted by Gasteiger charge is -2.26. The molecule has 0 aliphatic carbocycles. The summed E-state index contributed by atoms with van der Waals surface area (Å²) in [6.45, 7) is 0. The van der Waals surface area contributed by atoms with Crippen LogP contribution in [0.2, 0.25) is 0 Å². The van der Waals surface area contributed by atoms with Gasteiger partial charge < -0.3 is 9.32 Å². The molecule has 2 nitrogen and oxygen atoms in total. The Kier molecular flexibility index (Phi) is 6.39. The number of fused-ring (bicyclic) bond motifs is 7. The topological polar surface area (TPSA) is 16.4 Å². The standard InChI is InChI=1S/C46H29NOS/c1-2-10-32-28-35(20-19-30(32)9-1)34-12-7-11-33(27-34)31-21-23-36(24-22-31)47(37-25-26-39-38-13-3-5-17-43(38)48-44(39)29-37)42-16-8-15-41-40-14-4-6-18-45(40)49-46(41)42/h1-29H. The molecule has 10 rings (SSSR count). The number of hydrogen-bond acceptors (Lipinski definition) is 3. The molecule has 0 unspecified atom stereocenters. The molecule has 10 aromatic rings. The fraction of sp³-hybridized carbons (Fsp3) is 0. The lowest BCUT2D eigenvalue weighted by molar-refractivity contribution is 0.669. The van der Waals surface area contributed by atoms with Crippen LogP contribution in [-0.4, -0.2) is 0 Å². The minimum absolute atomic E-state index is 0.884. The zero-order valence-electron chi connectivity index (χ0n) is 26.5. The summed E-state index contributed by atoms with van der Waals surface area (Å²) in [7, 11) is 0. The van der Waals surface area contributed by atoms with E-state index < -0.39 is 0 Å². The molecule has 0 spiro atoms. The molecule has 230 valence electrons. The van der Waals surface area contributed by atoms with Crippen molar-refractivity contribution in [2.45, 2.75) is 0 Å². The summed E-state index contributed by atoms with van der Waals surface area (Å²) in [6, 6.07) is 63.3. The highest BCUT2D eigenvalue weighted by Crippen LogP contribution is 2.46. The number of hydrogen-bond donors (Lipinski definition) is 0. The average Bonchev–Trinajstić information content (AvgIpc) is 3.74.